The molecule has 0 aliphatic heterocycles. The predicted octanol–water partition coefficient (Wildman–Crippen LogP) is 3.67. The second kappa shape index (κ2) is 7.98. The van der Waals surface area contributed by atoms with E-state index in [1.807, 2.05) is 6.92 Å². The highest BCUT2D eigenvalue weighted by atomic mass is 32.2. The summed E-state index contributed by atoms with van der Waals surface area (Å²) in [6.07, 6.45) is 1.52. The molecule has 2 heterocycles. The maximum atomic E-state index is 13.3. The zero-order valence-corrected chi connectivity index (χ0v) is 16.3. The lowest BCUT2D eigenvalue weighted by Crippen LogP contribution is -2.30. The van der Waals surface area contributed by atoms with Crippen LogP contribution in [0, 0.1) is 13.8 Å². The largest absolute Gasteiger partial charge is 0.494 e. The highest BCUT2D eigenvalue weighted by molar-refractivity contribution is 7.89. The normalized spacial score (nSPS) is 11.9. The minimum atomic E-state index is -3.77. The first kappa shape index (κ1) is 19.2. The number of benzene rings is 1. The van der Waals surface area contributed by atoms with Crippen molar-refractivity contribution < 1.29 is 22.1 Å². The van der Waals surface area contributed by atoms with E-state index in [0.29, 0.717) is 29.6 Å². The summed E-state index contributed by atoms with van der Waals surface area (Å²) >= 11 is 0. The molecule has 3 aromatic rings. The van der Waals surface area contributed by atoms with Crippen molar-refractivity contribution in [2.75, 3.05) is 6.61 Å². The highest BCUT2D eigenvalue weighted by Crippen LogP contribution is 2.25. The fourth-order valence-electron chi connectivity index (χ4n) is 2.73. The Hall–Kier alpha value is -2.58. The van der Waals surface area contributed by atoms with Crippen LogP contribution in [0.5, 0.6) is 5.75 Å². The summed E-state index contributed by atoms with van der Waals surface area (Å²) in [5.41, 5.74) is 1.41. The van der Waals surface area contributed by atoms with Crippen LogP contribution in [-0.2, 0) is 23.1 Å². The molecule has 0 saturated heterocycles. The van der Waals surface area contributed by atoms with E-state index in [9.17, 15) is 8.42 Å². The molecule has 8 heteroatoms. The van der Waals surface area contributed by atoms with Gasteiger partial charge < -0.3 is 13.7 Å². The Morgan fingerprint density at radius 3 is 2.41 bits per heavy atom. The third-order valence-electron chi connectivity index (χ3n) is 4.20. The Morgan fingerprint density at radius 2 is 1.85 bits per heavy atom. The van der Waals surface area contributed by atoms with Gasteiger partial charge in [-0.15, -0.1) is 0 Å². The number of sulfonamides is 1. The number of nitrogens with zero attached hydrogens (tertiary/aromatic N) is 2. The van der Waals surface area contributed by atoms with Gasteiger partial charge in [-0.3, -0.25) is 0 Å². The summed E-state index contributed by atoms with van der Waals surface area (Å²) < 4.78 is 43.8. The zero-order chi connectivity index (χ0) is 19.4. The van der Waals surface area contributed by atoms with Crippen molar-refractivity contribution in [1.29, 1.82) is 0 Å². The van der Waals surface area contributed by atoms with Gasteiger partial charge in [-0.1, -0.05) is 5.16 Å². The molecular formula is C19H22N2O5S. The summed E-state index contributed by atoms with van der Waals surface area (Å²) in [7, 11) is -3.77. The van der Waals surface area contributed by atoms with Gasteiger partial charge in [0.2, 0.25) is 10.0 Å². The molecule has 0 spiro atoms. The second-order valence-corrected chi connectivity index (χ2v) is 8.00. The summed E-state index contributed by atoms with van der Waals surface area (Å²) in [4.78, 5) is 0.185. The number of hydrogen-bond donors (Lipinski definition) is 0. The van der Waals surface area contributed by atoms with Crippen LogP contribution in [0.1, 0.15) is 29.7 Å². The monoisotopic (exact) mass is 390 g/mol. The van der Waals surface area contributed by atoms with Crippen molar-refractivity contribution >= 4 is 10.0 Å². The molecule has 0 bridgehead atoms. The maximum absolute atomic E-state index is 13.3. The standard InChI is InChI=1S/C19H22N2O5S/c1-4-24-16-7-9-18(10-8-16)27(22,23)21(12-17-6-5-11-25-17)13-19-14(2)20-26-15(19)3/h5-11H,4,12-13H2,1-3H3. The SMILES string of the molecule is CCOc1ccc(S(=O)(=O)N(Cc2ccco2)Cc2c(C)noc2C)cc1. The van der Waals surface area contributed by atoms with Crippen molar-refractivity contribution in [1.82, 2.24) is 9.46 Å². The first-order valence-corrected chi connectivity index (χ1v) is 10.0. The van der Waals surface area contributed by atoms with Crippen molar-refractivity contribution in [3.63, 3.8) is 0 Å². The molecule has 0 amide bonds. The van der Waals surface area contributed by atoms with E-state index in [0.717, 1.165) is 5.56 Å². The van der Waals surface area contributed by atoms with Gasteiger partial charge >= 0.3 is 0 Å². The van der Waals surface area contributed by atoms with Crippen LogP contribution in [0.2, 0.25) is 0 Å². The van der Waals surface area contributed by atoms with Crippen LogP contribution in [0.4, 0.5) is 0 Å². The van der Waals surface area contributed by atoms with Gasteiger partial charge in [-0.2, -0.15) is 4.31 Å². The molecular weight excluding hydrogens is 368 g/mol. The molecule has 0 saturated carbocycles. The van der Waals surface area contributed by atoms with E-state index in [2.05, 4.69) is 5.16 Å². The van der Waals surface area contributed by atoms with Crippen molar-refractivity contribution in [3.8, 4) is 5.75 Å². The fourth-order valence-corrected chi connectivity index (χ4v) is 4.10. The van der Waals surface area contributed by atoms with Crippen LogP contribution in [0.25, 0.3) is 0 Å². The molecule has 27 heavy (non-hydrogen) atoms. The quantitative estimate of drug-likeness (QED) is 0.583. The van der Waals surface area contributed by atoms with Crippen molar-refractivity contribution in [2.24, 2.45) is 0 Å². The van der Waals surface area contributed by atoms with Gasteiger partial charge in [-0.25, -0.2) is 8.42 Å². The minimum absolute atomic E-state index is 0.104. The van der Waals surface area contributed by atoms with Crippen LogP contribution in [0.15, 0.2) is 56.5 Å². The molecule has 0 N–H and O–H groups in total. The molecule has 3 rings (SSSR count). The Morgan fingerprint density at radius 1 is 1.11 bits per heavy atom. The number of aromatic nitrogens is 1. The predicted molar refractivity (Wildman–Crippen MR) is 98.7 cm³/mol. The highest BCUT2D eigenvalue weighted by Gasteiger charge is 2.28. The van der Waals surface area contributed by atoms with Crippen LogP contribution in [0.3, 0.4) is 0 Å². The molecule has 0 aliphatic carbocycles. The van der Waals surface area contributed by atoms with Gasteiger partial charge in [0.15, 0.2) is 0 Å². The molecule has 2 aromatic heterocycles. The lowest BCUT2D eigenvalue weighted by Gasteiger charge is -2.21. The second-order valence-electron chi connectivity index (χ2n) is 6.06. The Labute approximate surface area is 158 Å². The number of aryl methyl sites for hydroxylation is 2. The van der Waals surface area contributed by atoms with Gasteiger partial charge in [0.1, 0.15) is 17.3 Å². The molecule has 0 fully saturated rings. The summed E-state index contributed by atoms with van der Waals surface area (Å²) in [5, 5.41) is 3.92. The third kappa shape index (κ3) is 4.23. The number of hydrogen-bond acceptors (Lipinski definition) is 6. The number of furan rings is 1. The van der Waals surface area contributed by atoms with Crippen LogP contribution < -0.4 is 4.74 Å². The Balaban J connectivity index is 1.95. The fraction of sp³-hybridized carbons (Fsp3) is 0.316. The minimum Gasteiger partial charge on any atom is -0.494 e. The average Bonchev–Trinajstić information content (AvgIpc) is 3.27. The van der Waals surface area contributed by atoms with E-state index in [-0.39, 0.29) is 18.0 Å². The topological polar surface area (TPSA) is 85.8 Å². The first-order valence-electron chi connectivity index (χ1n) is 8.59. The smallest absolute Gasteiger partial charge is 0.243 e. The molecule has 1 aromatic carbocycles. The molecule has 144 valence electrons. The number of ether oxygens (including phenoxy) is 1. The van der Waals surface area contributed by atoms with E-state index in [4.69, 9.17) is 13.7 Å². The van der Waals surface area contributed by atoms with Gasteiger partial charge in [0.05, 0.1) is 30.0 Å². The molecule has 0 atom stereocenters. The molecule has 0 aliphatic rings. The zero-order valence-electron chi connectivity index (χ0n) is 15.5. The van der Waals surface area contributed by atoms with E-state index >= 15 is 0 Å². The van der Waals surface area contributed by atoms with E-state index in [1.54, 1.807) is 50.2 Å². The third-order valence-corrected chi connectivity index (χ3v) is 6.01. The number of rotatable bonds is 8. The van der Waals surface area contributed by atoms with Gasteiger partial charge in [0, 0.05) is 12.1 Å². The maximum Gasteiger partial charge on any atom is 0.243 e. The first-order chi connectivity index (χ1) is 12.9. The van der Waals surface area contributed by atoms with E-state index in [1.165, 1.54) is 10.6 Å². The van der Waals surface area contributed by atoms with Crippen molar-refractivity contribution in [3.05, 3.63) is 65.4 Å². The molecule has 7 nitrogen and oxygen atoms in total. The summed E-state index contributed by atoms with van der Waals surface area (Å²) in [6.45, 7) is 6.19. The van der Waals surface area contributed by atoms with Gasteiger partial charge in [0.25, 0.3) is 0 Å². The lowest BCUT2D eigenvalue weighted by atomic mass is 10.2. The Bertz CT molecular complexity index is 956. The Kier molecular flexibility index (Phi) is 5.67. The summed E-state index contributed by atoms with van der Waals surface area (Å²) in [5.74, 6) is 1.77. The molecule has 0 unspecified atom stereocenters. The lowest BCUT2D eigenvalue weighted by molar-refractivity contribution is 0.339. The molecule has 0 radical (unpaired) electrons. The summed E-state index contributed by atoms with van der Waals surface area (Å²) in [6, 6.07) is 9.86. The van der Waals surface area contributed by atoms with Gasteiger partial charge in [-0.05, 0) is 57.2 Å². The van der Waals surface area contributed by atoms with E-state index < -0.39 is 10.0 Å². The van der Waals surface area contributed by atoms with Crippen LogP contribution >= 0.6 is 0 Å². The average molecular weight is 390 g/mol. The van der Waals surface area contributed by atoms with Crippen LogP contribution in [-0.4, -0.2) is 24.5 Å². The van der Waals surface area contributed by atoms with Crippen molar-refractivity contribution in [2.45, 2.75) is 38.8 Å².